The molecule has 3 rings (SSSR count). The smallest absolute Gasteiger partial charge is 0.335 e. The fraction of sp³-hybridized carbons (Fsp3) is 0.562. The van der Waals surface area contributed by atoms with Gasteiger partial charge in [-0.05, 0) is 12.5 Å². The molecule has 25 heavy (non-hydrogen) atoms. The molecular weight excluding hydrogens is 332 g/mol. The third-order valence-corrected chi connectivity index (χ3v) is 4.85. The molecule has 2 fully saturated rings. The fourth-order valence-electron chi connectivity index (χ4n) is 3.37. The zero-order chi connectivity index (χ0) is 18.3. The fourth-order valence-corrected chi connectivity index (χ4v) is 3.37. The molecule has 6 atom stereocenters. The predicted octanol–water partition coefficient (Wildman–Crippen LogP) is -1.67. The van der Waals surface area contributed by atoms with Gasteiger partial charge in [-0.3, -0.25) is 4.79 Å². The van der Waals surface area contributed by atoms with Gasteiger partial charge in [-0.1, -0.05) is 0 Å². The topological polar surface area (TPSA) is 131 Å². The Hall–Kier alpha value is -2.07. The number of aliphatic hydroxyl groups excluding tert-OH is 3. The van der Waals surface area contributed by atoms with Gasteiger partial charge in [0.15, 0.2) is 24.6 Å². The monoisotopic (exact) mass is 353 g/mol. The summed E-state index contributed by atoms with van der Waals surface area (Å²) in [6, 6.07) is 3.40. The Morgan fingerprint density at radius 2 is 2.00 bits per heavy atom. The lowest BCUT2D eigenvalue weighted by atomic mass is 9.97. The summed E-state index contributed by atoms with van der Waals surface area (Å²) in [4.78, 5) is 24.6. The second kappa shape index (κ2) is 6.68. The van der Waals surface area contributed by atoms with Gasteiger partial charge in [0.05, 0.1) is 6.04 Å². The number of carboxylic acid groups (broad SMARTS) is 1. The standard InChI is InChI=1S/C16H20N2O7/c1-17-9(4-5-10(17)19)8-3-2-6-18(7-8)15-13(22)11(20)12(21)14(25-15)16(23)24/h2-3,6-7,9,11-15,20-22H,4-5H2,1H3/p+1/t9-,11+,12+,13-,14+,15+/m0/s1. The average molecular weight is 353 g/mol. The molecule has 0 unspecified atom stereocenters. The molecular formula is C16H21N2O7+. The molecule has 1 aromatic rings. The van der Waals surface area contributed by atoms with Crippen LogP contribution in [-0.2, 0) is 14.3 Å². The van der Waals surface area contributed by atoms with E-state index in [9.17, 15) is 24.9 Å². The highest BCUT2D eigenvalue weighted by Gasteiger charge is 2.51. The summed E-state index contributed by atoms with van der Waals surface area (Å²) in [5.41, 5.74) is 0.805. The lowest BCUT2D eigenvalue weighted by Crippen LogP contribution is -2.63. The first-order valence-corrected chi connectivity index (χ1v) is 8.00. The Balaban J connectivity index is 1.89. The Labute approximate surface area is 143 Å². The second-order valence-electron chi connectivity index (χ2n) is 6.40. The first-order chi connectivity index (χ1) is 11.8. The van der Waals surface area contributed by atoms with Gasteiger partial charge < -0.3 is 30.1 Å². The molecule has 9 heteroatoms. The number of carbonyl (C=O) groups excluding carboxylic acids is 1. The van der Waals surface area contributed by atoms with Crippen molar-refractivity contribution in [3.63, 3.8) is 0 Å². The summed E-state index contributed by atoms with van der Waals surface area (Å²) in [7, 11) is 1.71. The van der Waals surface area contributed by atoms with E-state index in [1.54, 1.807) is 30.4 Å². The van der Waals surface area contributed by atoms with Crippen LogP contribution in [0.1, 0.15) is 30.7 Å². The van der Waals surface area contributed by atoms with Crippen molar-refractivity contribution < 1.29 is 39.3 Å². The summed E-state index contributed by atoms with van der Waals surface area (Å²) in [5, 5.41) is 39.0. The number of hydrogen-bond donors (Lipinski definition) is 4. The number of carboxylic acids is 1. The van der Waals surface area contributed by atoms with Gasteiger partial charge in [0.1, 0.15) is 12.2 Å². The number of nitrogens with zero attached hydrogens (tertiary/aromatic N) is 2. The molecule has 0 aliphatic carbocycles. The van der Waals surface area contributed by atoms with Gasteiger partial charge in [0.2, 0.25) is 5.91 Å². The molecule has 0 saturated carbocycles. The maximum atomic E-state index is 11.7. The Morgan fingerprint density at radius 1 is 1.28 bits per heavy atom. The Kier molecular flexibility index (Phi) is 4.74. The van der Waals surface area contributed by atoms with Crippen LogP contribution in [0.4, 0.5) is 0 Å². The minimum absolute atomic E-state index is 0.0406. The molecule has 136 valence electrons. The van der Waals surface area contributed by atoms with Crippen LogP contribution in [0.15, 0.2) is 24.5 Å². The van der Waals surface area contributed by atoms with Gasteiger partial charge in [-0.25, -0.2) is 4.79 Å². The molecule has 1 aromatic heterocycles. The number of hydrogen-bond acceptors (Lipinski definition) is 6. The predicted molar refractivity (Wildman–Crippen MR) is 80.9 cm³/mol. The van der Waals surface area contributed by atoms with E-state index in [0.29, 0.717) is 12.8 Å². The van der Waals surface area contributed by atoms with Gasteiger partial charge in [-0.15, -0.1) is 0 Å². The number of aliphatic hydroxyl groups is 3. The number of carbonyl (C=O) groups is 2. The zero-order valence-electron chi connectivity index (χ0n) is 13.6. The summed E-state index contributed by atoms with van der Waals surface area (Å²) in [6.07, 6.45) is -3.41. The number of amides is 1. The van der Waals surface area contributed by atoms with Crippen LogP contribution in [0.5, 0.6) is 0 Å². The molecule has 0 bridgehead atoms. The van der Waals surface area contributed by atoms with E-state index >= 15 is 0 Å². The zero-order valence-corrected chi connectivity index (χ0v) is 13.6. The van der Waals surface area contributed by atoms with E-state index in [1.165, 1.54) is 4.57 Å². The van der Waals surface area contributed by atoms with Crippen LogP contribution in [0.25, 0.3) is 0 Å². The second-order valence-corrected chi connectivity index (χ2v) is 6.40. The molecule has 2 aliphatic rings. The maximum absolute atomic E-state index is 11.7. The minimum atomic E-state index is -1.73. The van der Waals surface area contributed by atoms with Crippen LogP contribution in [-0.4, -0.2) is 68.7 Å². The number of aliphatic carboxylic acids is 1. The summed E-state index contributed by atoms with van der Waals surface area (Å²) in [6.45, 7) is 0. The van der Waals surface area contributed by atoms with E-state index in [2.05, 4.69) is 0 Å². The third kappa shape index (κ3) is 3.11. The highest BCUT2D eigenvalue weighted by Crippen LogP contribution is 2.31. The van der Waals surface area contributed by atoms with Crippen molar-refractivity contribution >= 4 is 11.9 Å². The van der Waals surface area contributed by atoms with Gasteiger partial charge >= 0.3 is 5.97 Å². The number of aromatic nitrogens is 1. The Bertz CT molecular complexity index is 682. The van der Waals surface area contributed by atoms with E-state index < -0.39 is 36.6 Å². The van der Waals surface area contributed by atoms with Gasteiger partial charge in [-0.2, -0.15) is 4.57 Å². The van der Waals surface area contributed by atoms with E-state index in [0.717, 1.165) is 5.56 Å². The SMILES string of the molecule is CN1C(=O)CC[C@H]1c1ccc[n+]([C@@H]2O[C@@H](C(=O)O)[C@H](O)[C@@H](O)[C@@H]2O)c1. The molecule has 2 aliphatic heterocycles. The van der Waals surface area contributed by atoms with Crippen molar-refractivity contribution in [1.82, 2.24) is 4.90 Å². The summed E-state index contributed by atoms with van der Waals surface area (Å²) in [5.74, 6) is -1.39. The number of likely N-dealkylation sites (tertiary alicyclic amines) is 1. The number of pyridine rings is 1. The van der Waals surface area contributed by atoms with Crippen LogP contribution in [0.2, 0.25) is 0 Å². The quantitative estimate of drug-likeness (QED) is 0.478. The normalized spacial score (nSPS) is 35.8. The summed E-state index contributed by atoms with van der Waals surface area (Å²) >= 11 is 0. The molecule has 0 radical (unpaired) electrons. The Morgan fingerprint density at radius 3 is 2.60 bits per heavy atom. The van der Waals surface area contributed by atoms with Crippen molar-refractivity contribution in [2.24, 2.45) is 0 Å². The molecule has 0 spiro atoms. The van der Waals surface area contributed by atoms with Crippen LogP contribution in [0.3, 0.4) is 0 Å². The van der Waals surface area contributed by atoms with Gasteiger partial charge in [0.25, 0.3) is 6.23 Å². The maximum Gasteiger partial charge on any atom is 0.335 e. The van der Waals surface area contributed by atoms with Crippen molar-refractivity contribution in [3.05, 3.63) is 30.1 Å². The first-order valence-electron chi connectivity index (χ1n) is 8.00. The highest BCUT2D eigenvalue weighted by molar-refractivity contribution is 5.78. The van der Waals surface area contributed by atoms with Crippen molar-refractivity contribution in [1.29, 1.82) is 0 Å². The average Bonchev–Trinajstić information content (AvgIpc) is 2.92. The lowest BCUT2D eigenvalue weighted by molar-refractivity contribution is -0.777. The minimum Gasteiger partial charge on any atom is -0.479 e. The molecule has 3 heterocycles. The first kappa shape index (κ1) is 17.7. The molecule has 2 saturated heterocycles. The largest absolute Gasteiger partial charge is 0.479 e. The van der Waals surface area contributed by atoms with E-state index in [1.807, 2.05) is 6.07 Å². The highest BCUT2D eigenvalue weighted by atomic mass is 16.6. The number of rotatable bonds is 3. The van der Waals surface area contributed by atoms with E-state index in [-0.39, 0.29) is 11.9 Å². The third-order valence-electron chi connectivity index (χ3n) is 4.85. The summed E-state index contributed by atoms with van der Waals surface area (Å²) < 4.78 is 6.76. The van der Waals surface area contributed by atoms with Crippen LogP contribution in [0, 0.1) is 0 Å². The molecule has 4 N–H and O–H groups in total. The van der Waals surface area contributed by atoms with Gasteiger partial charge in [0, 0.05) is 25.1 Å². The van der Waals surface area contributed by atoms with Crippen LogP contribution >= 0.6 is 0 Å². The molecule has 1 amide bonds. The van der Waals surface area contributed by atoms with Crippen molar-refractivity contribution in [2.75, 3.05) is 7.05 Å². The van der Waals surface area contributed by atoms with Crippen molar-refractivity contribution in [3.8, 4) is 0 Å². The van der Waals surface area contributed by atoms with E-state index in [4.69, 9.17) is 9.84 Å². The lowest BCUT2D eigenvalue weighted by Gasteiger charge is -2.35. The number of ether oxygens (including phenoxy) is 1. The van der Waals surface area contributed by atoms with Crippen molar-refractivity contribution in [2.45, 2.75) is 49.5 Å². The molecule has 9 nitrogen and oxygen atoms in total. The molecule has 0 aromatic carbocycles. The van der Waals surface area contributed by atoms with Crippen LogP contribution < -0.4 is 4.57 Å².